The average Bonchev–Trinajstić information content (AvgIpc) is 3.17. The SMILES string of the molecule is Cc1ccc(CNC[C@@H]2[C@@H](/C=C\CCCC(=O)O)[C@@H]3C=C[C@H]2CC3)c(C(F)(F)F)c1.Cc1ccc(CNC[C@@H]2[C@@H](/C=C\CCCC(=O)O)[C@@H]3C=C[C@H]2CC3)c(C)c1. The highest BCUT2D eigenvalue weighted by atomic mass is 19.4. The van der Waals surface area contributed by atoms with Gasteiger partial charge in [-0.3, -0.25) is 9.59 Å². The van der Waals surface area contributed by atoms with Gasteiger partial charge >= 0.3 is 18.1 Å². The summed E-state index contributed by atoms with van der Waals surface area (Å²) < 4.78 is 40.1. The Labute approximate surface area is 337 Å². The highest BCUT2D eigenvalue weighted by Gasteiger charge is 2.40. The van der Waals surface area contributed by atoms with Gasteiger partial charge in [0.2, 0.25) is 0 Å². The van der Waals surface area contributed by atoms with E-state index in [1.54, 1.807) is 19.1 Å². The van der Waals surface area contributed by atoms with Crippen LogP contribution in [0.2, 0.25) is 0 Å². The molecule has 6 nitrogen and oxygen atoms in total. The molecule has 6 aliphatic rings. The molecule has 0 heterocycles. The fourth-order valence-electron chi connectivity index (χ4n) is 9.58. The molecule has 8 rings (SSSR count). The Morgan fingerprint density at radius 3 is 1.54 bits per heavy atom. The maximum Gasteiger partial charge on any atom is 0.416 e. The van der Waals surface area contributed by atoms with Gasteiger partial charge in [0.25, 0.3) is 0 Å². The van der Waals surface area contributed by atoms with Crippen molar-refractivity contribution in [3.8, 4) is 0 Å². The molecule has 2 saturated carbocycles. The Balaban J connectivity index is 0.000000219. The number of nitrogens with one attached hydrogen (secondary N) is 2. The van der Waals surface area contributed by atoms with E-state index in [2.05, 4.69) is 91.3 Å². The van der Waals surface area contributed by atoms with Crippen molar-refractivity contribution in [2.24, 2.45) is 47.3 Å². The number of unbranched alkanes of at least 4 members (excludes halogenated alkanes) is 2. The molecule has 2 fully saturated rings. The van der Waals surface area contributed by atoms with Crippen molar-refractivity contribution in [3.63, 3.8) is 0 Å². The first-order chi connectivity index (χ1) is 27.3. The van der Waals surface area contributed by atoms with Gasteiger partial charge in [-0.2, -0.15) is 13.2 Å². The van der Waals surface area contributed by atoms with Gasteiger partial charge in [-0.1, -0.05) is 90.1 Å². The quantitative estimate of drug-likeness (QED) is 0.0887. The lowest BCUT2D eigenvalue weighted by molar-refractivity contribution is -0.138. The maximum atomic E-state index is 13.4. The number of aryl methyl sites for hydroxylation is 3. The van der Waals surface area contributed by atoms with Crippen molar-refractivity contribution >= 4 is 11.9 Å². The summed E-state index contributed by atoms with van der Waals surface area (Å²) >= 11 is 0. The van der Waals surface area contributed by atoms with Gasteiger partial charge < -0.3 is 20.8 Å². The summed E-state index contributed by atoms with van der Waals surface area (Å²) in [6.07, 6.45) is 22.2. The molecule has 2 aromatic carbocycles. The normalized spacial score (nSPS) is 26.3. The number of hydrogen-bond donors (Lipinski definition) is 4. The van der Waals surface area contributed by atoms with E-state index >= 15 is 0 Å². The molecule has 8 atom stereocenters. The fraction of sp³-hybridized carbons (Fsp3) is 0.542. The van der Waals surface area contributed by atoms with Gasteiger partial charge in [-0.05, 0) is 155 Å². The molecular formula is C48H63F3N2O4. The third-order valence-electron chi connectivity index (χ3n) is 12.7. The largest absolute Gasteiger partial charge is 0.481 e. The van der Waals surface area contributed by atoms with E-state index in [0.717, 1.165) is 45.2 Å². The van der Waals surface area contributed by atoms with Gasteiger partial charge in [-0.15, -0.1) is 0 Å². The number of halogens is 3. The van der Waals surface area contributed by atoms with E-state index in [4.69, 9.17) is 10.2 Å². The summed E-state index contributed by atoms with van der Waals surface area (Å²) in [7, 11) is 0. The predicted octanol–water partition coefficient (Wildman–Crippen LogP) is 10.8. The Morgan fingerprint density at radius 1 is 0.667 bits per heavy atom. The number of fused-ring (bicyclic) bond motifs is 4. The van der Waals surface area contributed by atoms with E-state index in [1.807, 2.05) is 0 Å². The van der Waals surface area contributed by atoms with Crippen molar-refractivity contribution in [2.75, 3.05) is 13.1 Å². The topological polar surface area (TPSA) is 98.7 Å². The van der Waals surface area contributed by atoms with Crippen LogP contribution < -0.4 is 10.6 Å². The molecule has 0 saturated heterocycles. The van der Waals surface area contributed by atoms with Crippen LogP contribution in [0.3, 0.4) is 0 Å². The minimum Gasteiger partial charge on any atom is -0.481 e. The molecule has 57 heavy (non-hydrogen) atoms. The monoisotopic (exact) mass is 788 g/mol. The summed E-state index contributed by atoms with van der Waals surface area (Å²) in [5, 5.41) is 24.5. The Bertz CT molecular complexity index is 1760. The molecule has 4 bridgehead atoms. The van der Waals surface area contributed by atoms with E-state index in [1.165, 1.54) is 35.6 Å². The molecule has 2 aromatic rings. The second-order valence-electron chi connectivity index (χ2n) is 16.8. The van der Waals surface area contributed by atoms with Crippen LogP contribution in [0.25, 0.3) is 0 Å². The molecule has 0 unspecified atom stereocenters. The third-order valence-corrected chi connectivity index (χ3v) is 12.7. The average molecular weight is 789 g/mol. The summed E-state index contributed by atoms with van der Waals surface area (Å²) in [6.45, 7) is 8.84. The number of benzene rings is 2. The predicted molar refractivity (Wildman–Crippen MR) is 221 cm³/mol. The smallest absolute Gasteiger partial charge is 0.416 e. The second-order valence-corrected chi connectivity index (χ2v) is 16.8. The molecule has 310 valence electrons. The zero-order chi connectivity index (χ0) is 41.0. The van der Waals surface area contributed by atoms with Crippen molar-refractivity contribution in [3.05, 3.63) is 118 Å². The van der Waals surface area contributed by atoms with Crippen LogP contribution >= 0.6 is 0 Å². The summed E-state index contributed by atoms with van der Waals surface area (Å²) in [6, 6.07) is 11.2. The van der Waals surface area contributed by atoms with Gasteiger partial charge in [0.05, 0.1) is 5.56 Å². The Morgan fingerprint density at radius 2 is 1.11 bits per heavy atom. The van der Waals surface area contributed by atoms with Crippen LogP contribution in [-0.4, -0.2) is 35.2 Å². The first-order valence-electron chi connectivity index (χ1n) is 21.1. The van der Waals surface area contributed by atoms with Crippen molar-refractivity contribution in [1.29, 1.82) is 0 Å². The Hall–Kier alpha value is -3.95. The molecule has 0 radical (unpaired) electrons. The number of hydrogen-bond acceptors (Lipinski definition) is 4. The molecule has 6 aliphatic carbocycles. The second kappa shape index (κ2) is 21.2. The molecule has 0 aliphatic heterocycles. The van der Waals surface area contributed by atoms with Gasteiger partial charge in [0, 0.05) is 25.9 Å². The standard InChI is InChI=1S/C24H30F3NO2.C24H33NO2/c1-16-7-8-19(22(13-16)24(25,26)27)14-28-15-21-18-11-9-17(10-12-18)20(21)5-3-2-4-6-23(29)30;1-17-8-9-21(18(2)14-17)15-25-16-23-20-12-10-19(11-13-20)22(23)6-4-3-5-7-24(26)27/h3,5,7-9,11,13,17-18,20-21,28H,2,4,6,10,12,14-15H2,1H3,(H,29,30);4,6,8-10,12,14,19-20,22-23,25H,3,5,7,11,13,15-16H2,1-2H3,(H,26,27)/b5-3-;6-4-/t17-,18+,20+,21+;19-,20+,22+,23+/m11/s1. The summed E-state index contributed by atoms with van der Waals surface area (Å²) in [5.74, 6) is 2.69. The lowest BCUT2D eigenvalue weighted by atomic mass is 9.62. The van der Waals surface area contributed by atoms with Gasteiger partial charge in [0.1, 0.15) is 0 Å². The highest BCUT2D eigenvalue weighted by Crippen LogP contribution is 2.46. The summed E-state index contributed by atoms with van der Waals surface area (Å²) in [4.78, 5) is 21.3. The first-order valence-corrected chi connectivity index (χ1v) is 21.1. The van der Waals surface area contributed by atoms with Crippen LogP contribution in [0.5, 0.6) is 0 Å². The van der Waals surface area contributed by atoms with E-state index in [-0.39, 0.29) is 24.9 Å². The van der Waals surface area contributed by atoms with Crippen molar-refractivity contribution in [2.45, 2.75) is 104 Å². The number of aliphatic carboxylic acids is 2. The molecule has 0 amide bonds. The minimum absolute atomic E-state index is 0.171. The van der Waals surface area contributed by atoms with Crippen LogP contribution in [0.15, 0.2) is 85.0 Å². The molecule has 0 spiro atoms. The lowest BCUT2D eigenvalue weighted by Gasteiger charge is -2.44. The van der Waals surface area contributed by atoms with E-state index in [0.29, 0.717) is 65.9 Å². The van der Waals surface area contributed by atoms with Gasteiger partial charge in [0.15, 0.2) is 0 Å². The molecule has 9 heteroatoms. The molecule has 4 N–H and O–H groups in total. The zero-order valence-corrected chi connectivity index (χ0v) is 33.9. The number of carboxylic acids is 2. The van der Waals surface area contributed by atoms with Crippen LogP contribution in [-0.2, 0) is 28.9 Å². The number of allylic oxidation sites excluding steroid dienone is 8. The summed E-state index contributed by atoms with van der Waals surface area (Å²) in [5.41, 5.74) is 4.40. The lowest BCUT2D eigenvalue weighted by Crippen LogP contribution is -2.41. The highest BCUT2D eigenvalue weighted by molar-refractivity contribution is 5.66. The van der Waals surface area contributed by atoms with Gasteiger partial charge in [-0.25, -0.2) is 0 Å². The zero-order valence-electron chi connectivity index (χ0n) is 33.9. The third kappa shape index (κ3) is 13.0. The van der Waals surface area contributed by atoms with Crippen molar-refractivity contribution in [1.82, 2.24) is 10.6 Å². The van der Waals surface area contributed by atoms with Crippen LogP contribution in [0.1, 0.15) is 97.6 Å². The molecular weight excluding hydrogens is 726 g/mol. The van der Waals surface area contributed by atoms with E-state index < -0.39 is 23.7 Å². The number of carbonyl (C=O) groups is 2. The molecule has 0 aromatic heterocycles. The fourth-order valence-corrected chi connectivity index (χ4v) is 9.58. The number of rotatable bonds is 18. The van der Waals surface area contributed by atoms with Crippen LogP contribution in [0, 0.1) is 68.1 Å². The van der Waals surface area contributed by atoms with Crippen molar-refractivity contribution < 1.29 is 33.0 Å². The number of alkyl halides is 3. The first kappa shape index (κ1) is 44.2. The Kier molecular flexibility index (Phi) is 16.4. The minimum atomic E-state index is -4.35. The van der Waals surface area contributed by atoms with E-state index in [9.17, 15) is 22.8 Å². The van der Waals surface area contributed by atoms with Crippen LogP contribution in [0.4, 0.5) is 13.2 Å². The number of carboxylic acid groups (broad SMARTS) is 2. The maximum absolute atomic E-state index is 13.4.